The number of nitrogens with zero attached hydrogens (tertiary/aromatic N) is 1. The summed E-state index contributed by atoms with van der Waals surface area (Å²) >= 11 is 13.6. The van der Waals surface area contributed by atoms with E-state index in [9.17, 15) is 4.79 Å². The van der Waals surface area contributed by atoms with Crippen LogP contribution in [0.2, 0.25) is 8.67 Å². The van der Waals surface area contributed by atoms with Crippen LogP contribution in [-0.2, 0) is 9.53 Å². The van der Waals surface area contributed by atoms with E-state index in [1.807, 2.05) is 13.8 Å². The van der Waals surface area contributed by atoms with Crippen molar-refractivity contribution >= 4 is 40.5 Å². The van der Waals surface area contributed by atoms with Crippen molar-refractivity contribution < 1.29 is 9.53 Å². The number of thiophene rings is 1. The van der Waals surface area contributed by atoms with Crippen molar-refractivity contribution in [3.63, 3.8) is 0 Å². The van der Waals surface area contributed by atoms with E-state index in [-0.39, 0.29) is 0 Å². The first-order valence-corrected chi connectivity index (χ1v) is 8.63. The summed E-state index contributed by atoms with van der Waals surface area (Å²) < 4.78 is 5.96. The van der Waals surface area contributed by atoms with Crippen LogP contribution in [0.1, 0.15) is 38.2 Å². The van der Waals surface area contributed by atoms with E-state index >= 15 is 0 Å². The summed E-state index contributed by atoms with van der Waals surface area (Å²) in [6.07, 6.45) is 1.54. The van der Waals surface area contributed by atoms with Crippen LogP contribution < -0.4 is 5.32 Å². The number of carbonyl (C=O) groups is 1. The van der Waals surface area contributed by atoms with E-state index in [0.29, 0.717) is 31.9 Å². The van der Waals surface area contributed by atoms with Gasteiger partial charge in [-0.15, -0.1) is 11.3 Å². The predicted octanol–water partition coefficient (Wildman–Crippen LogP) is 5.12. The highest BCUT2D eigenvalue weighted by Crippen LogP contribution is 2.46. The van der Waals surface area contributed by atoms with Crippen molar-refractivity contribution in [1.29, 1.82) is 0 Å². The molecule has 122 valence electrons. The van der Waals surface area contributed by atoms with Crippen LogP contribution in [0.3, 0.4) is 0 Å². The lowest BCUT2D eigenvalue weighted by Gasteiger charge is -2.29. The molecule has 1 aliphatic heterocycles. The molecule has 0 aliphatic carbocycles. The number of halogens is 2. The number of dihydropyridines is 1. The lowest BCUT2D eigenvalue weighted by molar-refractivity contribution is -0.136. The number of nitrogens with one attached hydrogen (secondary N) is 1. The molecule has 4 nitrogen and oxygen atoms in total. The van der Waals surface area contributed by atoms with Crippen LogP contribution in [0.4, 0.5) is 0 Å². The van der Waals surface area contributed by atoms with Crippen molar-refractivity contribution in [3.8, 4) is 0 Å². The third kappa shape index (κ3) is 3.40. The lowest BCUT2D eigenvalue weighted by Crippen LogP contribution is -2.29. The first-order valence-electron chi connectivity index (χ1n) is 7.05. The van der Waals surface area contributed by atoms with Gasteiger partial charge in [-0.2, -0.15) is 0 Å². The number of carbonyl (C=O) groups excluding carboxylic acids is 1. The zero-order valence-corrected chi connectivity index (χ0v) is 15.3. The monoisotopic (exact) mass is 370 g/mol. The Morgan fingerprint density at radius 2 is 2.22 bits per heavy atom. The standard InChI is InChI=1S/C16H16Cl2N2O2S/c1-5-6-10-13(16(21)22-4)12(14(19-3)8(2)20-10)9-7-11(17)23-15(9)18/h7,12,20H,5-6H2,1-2,4H3. The van der Waals surface area contributed by atoms with Gasteiger partial charge in [0.2, 0.25) is 0 Å². The highest BCUT2D eigenvalue weighted by Gasteiger charge is 2.37. The molecule has 7 heteroatoms. The molecule has 0 bridgehead atoms. The van der Waals surface area contributed by atoms with Gasteiger partial charge >= 0.3 is 5.97 Å². The van der Waals surface area contributed by atoms with Crippen LogP contribution in [0.25, 0.3) is 4.85 Å². The van der Waals surface area contributed by atoms with E-state index in [1.165, 1.54) is 18.4 Å². The average molecular weight is 371 g/mol. The van der Waals surface area contributed by atoms with Gasteiger partial charge < -0.3 is 10.1 Å². The fourth-order valence-corrected chi connectivity index (χ4v) is 4.22. The second kappa shape index (κ2) is 7.39. The van der Waals surface area contributed by atoms with Gasteiger partial charge in [0.05, 0.1) is 33.8 Å². The topological polar surface area (TPSA) is 42.7 Å². The maximum Gasteiger partial charge on any atom is 0.335 e. The molecule has 1 aliphatic rings. The highest BCUT2D eigenvalue weighted by atomic mass is 35.5. The number of ether oxygens (including phenoxy) is 1. The lowest BCUT2D eigenvalue weighted by atomic mass is 9.84. The fourth-order valence-electron chi connectivity index (χ4n) is 2.68. The van der Waals surface area contributed by atoms with Crippen molar-refractivity contribution in [3.05, 3.63) is 54.4 Å². The van der Waals surface area contributed by atoms with Crippen LogP contribution in [0, 0.1) is 6.57 Å². The average Bonchev–Trinajstić information content (AvgIpc) is 2.84. The molecule has 0 amide bonds. The van der Waals surface area contributed by atoms with Crippen LogP contribution in [0.15, 0.2) is 28.7 Å². The van der Waals surface area contributed by atoms with E-state index in [0.717, 1.165) is 17.8 Å². The Balaban J connectivity index is 2.71. The molecule has 1 aromatic rings. The van der Waals surface area contributed by atoms with Gasteiger partial charge in [-0.3, -0.25) is 0 Å². The summed E-state index contributed by atoms with van der Waals surface area (Å²) in [5.74, 6) is -1.02. The van der Waals surface area contributed by atoms with Crippen LogP contribution >= 0.6 is 34.5 Å². The van der Waals surface area contributed by atoms with E-state index in [2.05, 4.69) is 10.2 Å². The smallest absolute Gasteiger partial charge is 0.335 e. The van der Waals surface area contributed by atoms with Gasteiger partial charge in [-0.1, -0.05) is 36.5 Å². The van der Waals surface area contributed by atoms with Gasteiger partial charge in [-0.25, -0.2) is 9.64 Å². The van der Waals surface area contributed by atoms with Gasteiger partial charge in [0.25, 0.3) is 0 Å². The van der Waals surface area contributed by atoms with Crippen LogP contribution in [-0.4, -0.2) is 13.1 Å². The molecule has 1 atom stereocenters. The number of hydrogen-bond acceptors (Lipinski definition) is 4. The fraction of sp³-hybridized carbons (Fsp3) is 0.375. The summed E-state index contributed by atoms with van der Waals surface area (Å²) in [7, 11) is 1.33. The predicted molar refractivity (Wildman–Crippen MR) is 93.5 cm³/mol. The number of allylic oxidation sites excluding steroid dienone is 3. The molecule has 0 fully saturated rings. The zero-order valence-electron chi connectivity index (χ0n) is 13.0. The molecule has 23 heavy (non-hydrogen) atoms. The normalized spacial score (nSPS) is 17.8. The Morgan fingerprint density at radius 1 is 1.52 bits per heavy atom. The van der Waals surface area contributed by atoms with E-state index in [4.69, 9.17) is 34.5 Å². The maximum atomic E-state index is 12.4. The van der Waals surface area contributed by atoms with Crippen molar-refractivity contribution in [2.75, 3.05) is 7.11 Å². The van der Waals surface area contributed by atoms with Gasteiger partial charge in [-0.05, 0) is 25.0 Å². The molecule has 1 unspecified atom stereocenters. The van der Waals surface area contributed by atoms with E-state index < -0.39 is 11.9 Å². The largest absolute Gasteiger partial charge is 0.466 e. The molecular weight excluding hydrogens is 355 g/mol. The number of hydrogen-bond donors (Lipinski definition) is 1. The van der Waals surface area contributed by atoms with E-state index in [1.54, 1.807) is 6.07 Å². The number of rotatable bonds is 4. The third-order valence-corrected chi connectivity index (χ3v) is 5.15. The maximum absolute atomic E-state index is 12.4. The Bertz CT molecular complexity index is 744. The van der Waals surface area contributed by atoms with Gasteiger partial charge in [0, 0.05) is 11.4 Å². The first-order chi connectivity index (χ1) is 10.9. The summed E-state index contributed by atoms with van der Waals surface area (Å²) in [4.78, 5) is 16.0. The van der Waals surface area contributed by atoms with Gasteiger partial charge in [0.1, 0.15) is 0 Å². The molecular formula is C16H16Cl2N2O2S. The van der Waals surface area contributed by atoms with Crippen molar-refractivity contribution in [2.24, 2.45) is 0 Å². The number of methoxy groups -OCH3 is 1. The summed E-state index contributed by atoms with van der Waals surface area (Å²) in [5, 5.41) is 3.18. The van der Waals surface area contributed by atoms with Gasteiger partial charge in [0.15, 0.2) is 5.70 Å². The molecule has 0 saturated heterocycles. The minimum atomic E-state index is -0.556. The summed E-state index contributed by atoms with van der Waals surface area (Å²) in [5.41, 5.74) is 3.03. The minimum absolute atomic E-state index is 0.432. The molecule has 0 radical (unpaired) electrons. The Labute approximate surface area is 149 Å². The molecule has 1 N–H and O–H groups in total. The summed E-state index contributed by atoms with van der Waals surface area (Å²) in [6.45, 7) is 11.4. The first kappa shape index (κ1) is 17.9. The summed E-state index contributed by atoms with van der Waals surface area (Å²) in [6, 6.07) is 1.72. The minimum Gasteiger partial charge on any atom is -0.466 e. The zero-order chi connectivity index (χ0) is 17.1. The molecule has 0 saturated carbocycles. The third-order valence-electron chi connectivity index (χ3n) is 3.63. The number of esters is 1. The Morgan fingerprint density at radius 3 is 2.70 bits per heavy atom. The molecule has 1 aromatic heterocycles. The SMILES string of the molecule is [C-]#[N+]C1=C(C)NC(CCC)=C(C(=O)OC)C1c1cc(Cl)sc1Cl. The molecule has 2 heterocycles. The quantitative estimate of drug-likeness (QED) is 0.590. The van der Waals surface area contributed by atoms with Crippen molar-refractivity contribution in [1.82, 2.24) is 5.32 Å². The Kier molecular flexibility index (Phi) is 5.74. The molecule has 0 spiro atoms. The highest BCUT2D eigenvalue weighted by molar-refractivity contribution is 7.20. The second-order valence-electron chi connectivity index (χ2n) is 5.09. The molecule has 0 aromatic carbocycles. The molecule has 2 rings (SSSR count). The van der Waals surface area contributed by atoms with Crippen LogP contribution in [0.5, 0.6) is 0 Å². The Hall–Kier alpha value is -1.48. The second-order valence-corrected chi connectivity index (χ2v) is 7.38. The van der Waals surface area contributed by atoms with Crippen molar-refractivity contribution in [2.45, 2.75) is 32.6 Å².